The van der Waals surface area contributed by atoms with E-state index >= 15 is 0 Å². The normalized spacial score (nSPS) is 11.7. The zero-order valence-electron chi connectivity index (χ0n) is 9.87. The highest BCUT2D eigenvalue weighted by atomic mass is 32.2. The summed E-state index contributed by atoms with van der Waals surface area (Å²) < 4.78 is 36.4. The third-order valence-corrected chi connectivity index (χ3v) is 3.11. The molecule has 0 aliphatic heterocycles. The van der Waals surface area contributed by atoms with Crippen LogP contribution in [0.3, 0.4) is 0 Å². The van der Waals surface area contributed by atoms with Crippen LogP contribution in [-0.4, -0.2) is 15.7 Å². The van der Waals surface area contributed by atoms with E-state index in [1.165, 1.54) is 12.1 Å². The Labute approximate surface area is 112 Å². The number of aromatic nitrogens is 2. The second kappa shape index (κ2) is 6.12. The number of aromatic amines is 1. The van der Waals surface area contributed by atoms with Crippen LogP contribution in [0.2, 0.25) is 0 Å². The van der Waals surface area contributed by atoms with Gasteiger partial charge >= 0.3 is 5.51 Å². The highest BCUT2D eigenvalue weighted by molar-refractivity contribution is 8.00. The lowest BCUT2D eigenvalue weighted by atomic mass is 10.2. The number of alkyl halides is 3. The summed E-state index contributed by atoms with van der Waals surface area (Å²) in [5, 5.41) is 9.71. The molecular weight excluding hydrogens is 275 g/mol. The van der Waals surface area contributed by atoms with Crippen molar-refractivity contribution in [2.45, 2.75) is 23.5 Å². The van der Waals surface area contributed by atoms with Crippen molar-refractivity contribution in [1.82, 2.24) is 15.5 Å². The number of hydrogen-bond donors (Lipinski definition) is 2. The lowest BCUT2D eigenvalue weighted by molar-refractivity contribution is -0.0328. The lowest BCUT2D eigenvalue weighted by Crippen LogP contribution is -2.12. The predicted octanol–water partition coefficient (Wildman–Crippen LogP) is 3.31. The molecular formula is C12H12F3N3S. The number of rotatable bonds is 5. The molecule has 0 radical (unpaired) electrons. The molecule has 2 aromatic rings. The molecule has 0 amide bonds. The zero-order valence-corrected chi connectivity index (χ0v) is 10.7. The van der Waals surface area contributed by atoms with Crippen LogP contribution in [0.5, 0.6) is 0 Å². The van der Waals surface area contributed by atoms with Crippen molar-refractivity contribution in [3.63, 3.8) is 0 Å². The number of halogens is 3. The maximum atomic E-state index is 12.1. The Morgan fingerprint density at radius 3 is 2.37 bits per heavy atom. The Morgan fingerprint density at radius 1 is 1.11 bits per heavy atom. The van der Waals surface area contributed by atoms with Crippen molar-refractivity contribution in [3.8, 4) is 0 Å². The van der Waals surface area contributed by atoms with Gasteiger partial charge in [0.2, 0.25) is 0 Å². The number of H-pyrrole nitrogens is 1. The fourth-order valence-electron chi connectivity index (χ4n) is 1.53. The summed E-state index contributed by atoms with van der Waals surface area (Å²) in [5.41, 5.74) is -2.26. The van der Waals surface area contributed by atoms with Crippen molar-refractivity contribution in [2.75, 3.05) is 0 Å². The van der Waals surface area contributed by atoms with Crippen LogP contribution < -0.4 is 5.32 Å². The van der Waals surface area contributed by atoms with E-state index in [9.17, 15) is 13.2 Å². The molecule has 1 aromatic heterocycles. The lowest BCUT2D eigenvalue weighted by Gasteiger charge is -2.07. The summed E-state index contributed by atoms with van der Waals surface area (Å²) >= 11 is -0.101. The molecule has 0 aliphatic carbocycles. The molecule has 2 rings (SSSR count). The molecule has 0 saturated carbocycles. The van der Waals surface area contributed by atoms with Gasteiger partial charge in [-0.05, 0) is 29.5 Å². The van der Waals surface area contributed by atoms with Crippen LogP contribution in [-0.2, 0) is 13.1 Å². The van der Waals surface area contributed by atoms with Gasteiger partial charge < -0.3 is 5.32 Å². The van der Waals surface area contributed by atoms with E-state index in [0.717, 1.165) is 11.1 Å². The van der Waals surface area contributed by atoms with Gasteiger partial charge in [-0.25, -0.2) is 0 Å². The Morgan fingerprint density at radius 2 is 1.79 bits per heavy atom. The van der Waals surface area contributed by atoms with Crippen LogP contribution in [0.1, 0.15) is 11.1 Å². The second-order valence-electron chi connectivity index (χ2n) is 3.90. The van der Waals surface area contributed by atoms with E-state index in [1.807, 2.05) is 0 Å². The topological polar surface area (TPSA) is 40.7 Å². The van der Waals surface area contributed by atoms with Crippen LogP contribution in [0, 0.1) is 0 Å². The van der Waals surface area contributed by atoms with Crippen LogP contribution >= 0.6 is 11.8 Å². The molecule has 0 bridgehead atoms. The van der Waals surface area contributed by atoms with Crippen LogP contribution in [0.4, 0.5) is 13.2 Å². The summed E-state index contributed by atoms with van der Waals surface area (Å²) in [5.74, 6) is 0. The van der Waals surface area contributed by atoms with E-state index in [0.29, 0.717) is 13.1 Å². The highest BCUT2D eigenvalue weighted by Crippen LogP contribution is 2.36. The van der Waals surface area contributed by atoms with Gasteiger partial charge in [0.1, 0.15) is 0 Å². The van der Waals surface area contributed by atoms with Gasteiger partial charge in [-0.15, -0.1) is 0 Å². The molecule has 2 N–H and O–H groups in total. The maximum Gasteiger partial charge on any atom is 0.446 e. The second-order valence-corrected chi connectivity index (χ2v) is 5.04. The Hall–Kier alpha value is -1.47. The molecule has 1 heterocycles. The van der Waals surface area contributed by atoms with E-state index in [-0.39, 0.29) is 16.7 Å². The molecule has 3 nitrogen and oxygen atoms in total. The summed E-state index contributed by atoms with van der Waals surface area (Å²) in [7, 11) is 0. The molecule has 0 fully saturated rings. The van der Waals surface area contributed by atoms with Crippen LogP contribution in [0.15, 0.2) is 41.6 Å². The van der Waals surface area contributed by atoms with E-state index < -0.39 is 5.51 Å². The van der Waals surface area contributed by atoms with Gasteiger partial charge in [-0.2, -0.15) is 18.3 Å². The summed E-state index contributed by atoms with van der Waals surface area (Å²) in [4.78, 5) is 0.200. The molecule has 7 heteroatoms. The number of hydrogen-bond acceptors (Lipinski definition) is 3. The molecule has 0 spiro atoms. The molecule has 0 unspecified atom stereocenters. The Bertz CT molecular complexity index is 494. The van der Waals surface area contributed by atoms with Gasteiger partial charge in [-0.1, -0.05) is 12.1 Å². The largest absolute Gasteiger partial charge is 0.446 e. The SMILES string of the molecule is FC(F)(F)Sc1ccc(CNCc2cn[nH]c2)cc1. The minimum absolute atomic E-state index is 0.101. The smallest absolute Gasteiger partial charge is 0.309 e. The molecule has 0 saturated heterocycles. The van der Waals surface area contributed by atoms with Crippen molar-refractivity contribution >= 4 is 11.8 Å². The molecule has 102 valence electrons. The molecule has 1 aromatic carbocycles. The average molecular weight is 287 g/mol. The van der Waals surface area contributed by atoms with Crippen LogP contribution in [0.25, 0.3) is 0 Å². The fraction of sp³-hybridized carbons (Fsp3) is 0.250. The van der Waals surface area contributed by atoms with Gasteiger partial charge in [0, 0.05) is 29.7 Å². The van der Waals surface area contributed by atoms with Gasteiger partial charge in [0.05, 0.1) is 6.20 Å². The number of thioether (sulfide) groups is 1. The fourth-order valence-corrected chi connectivity index (χ4v) is 2.07. The molecule has 19 heavy (non-hydrogen) atoms. The predicted molar refractivity (Wildman–Crippen MR) is 67.5 cm³/mol. The molecule has 0 aliphatic rings. The highest BCUT2D eigenvalue weighted by Gasteiger charge is 2.28. The monoisotopic (exact) mass is 287 g/mol. The zero-order chi connectivity index (χ0) is 13.7. The first-order valence-corrected chi connectivity index (χ1v) is 6.38. The first kappa shape index (κ1) is 14.0. The number of nitrogens with zero attached hydrogens (tertiary/aromatic N) is 1. The van der Waals surface area contributed by atoms with Gasteiger partial charge in [0.25, 0.3) is 0 Å². The first-order chi connectivity index (χ1) is 9.03. The number of nitrogens with one attached hydrogen (secondary N) is 2. The Balaban J connectivity index is 1.81. The third-order valence-electron chi connectivity index (χ3n) is 2.37. The van der Waals surface area contributed by atoms with Crippen molar-refractivity contribution in [3.05, 3.63) is 47.8 Å². The summed E-state index contributed by atoms with van der Waals surface area (Å²) in [6.07, 6.45) is 3.51. The number of benzene rings is 1. The van der Waals surface area contributed by atoms with E-state index in [1.54, 1.807) is 24.5 Å². The van der Waals surface area contributed by atoms with Crippen molar-refractivity contribution < 1.29 is 13.2 Å². The quantitative estimate of drug-likeness (QED) is 0.829. The summed E-state index contributed by atoms with van der Waals surface area (Å²) in [6.45, 7) is 1.26. The first-order valence-electron chi connectivity index (χ1n) is 5.56. The van der Waals surface area contributed by atoms with Gasteiger partial charge in [0.15, 0.2) is 0 Å². The van der Waals surface area contributed by atoms with E-state index in [2.05, 4.69) is 15.5 Å². The third kappa shape index (κ3) is 4.96. The average Bonchev–Trinajstić information content (AvgIpc) is 2.82. The minimum Gasteiger partial charge on any atom is -0.309 e. The standard InChI is InChI=1S/C12H12F3N3S/c13-12(14,15)19-11-3-1-9(2-4-11)5-16-6-10-7-17-18-8-10/h1-4,7-8,16H,5-6H2,(H,17,18). The van der Waals surface area contributed by atoms with Crippen molar-refractivity contribution in [1.29, 1.82) is 0 Å². The Kier molecular flexibility index (Phi) is 4.49. The van der Waals surface area contributed by atoms with Gasteiger partial charge in [-0.3, -0.25) is 5.10 Å². The van der Waals surface area contributed by atoms with Crippen molar-refractivity contribution in [2.24, 2.45) is 0 Å². The molecule has 0 atom stereocenters. The van der Waals surface area contributed by atoms with E-state index in [4.69, 9.17) is 0 Å². The maximum absolute atomic E-state index is 12.1. The summed E-state index contributed by atoms with van der Waals surface area (Å²) in [6, 6.07) is 6.34. The minimum atomic E-state index is -4.24.